The second-order valence-electron chi connectivity index (χ2n) is 4.61. The molecule has 0 aliphatic carbocycles. The lowest BCUT2D eigenvalue weighted by Crippen LogP contribution is -2.11. The predicted octanol–water partition coefficient (Wildman–Crippen LogP) is 2.38. The van der Waals surface area contributed by atoms with Crippen molar-refractivity contribution in [3.63, 3.8) is 0 Å². The van der Waals surface area contributed by atoms with Gasteiger partial charge in [-0.3, -0.25) is 9.78 Å². The third-order valence-corrected chi connectivity index (χ3v) is 3.04. The Morgan fingerprint density at radius 1 is 0.955 bits per heavy atom. The highest BCUT2D eigenvalue weighted by Gasteiger charge is 2.04. The summed E-state index contributed by atoms with van der Waals surface area (Å²) in [5.41, 5.74) is 8.12. The number of hydrogen-bond acceptors (Lipinski definition) is 5. The van der Waals surface area contributed by atoms with Gasteiger partial charge in [0, 0.05) is 24.2 Å². The number of benzene rings is 1. The molecule has 0 aliphatic rings. The van der Waals surface area contributed by atoms with Crippen LogP contribution in [-0.4, -0.2) is 20.9 Å². The van der Waals surface area contributed by atoms with Crippen LogP contribution < -0.4 is 11.1 Å². The van der Waals surface area contributed by atoms with Gasteiger partial charge in [-0.05, 0) is 11.6 Å². The number of anilines is 2. The molecule has 0 atom stereocenters. The summed E-state index contributed by atoms with van der Waals surface area (Å²) in [6.45, 7) is 0. The van der Waals surface area contributed by atoms with E-state index in [2.05, 4.69) is 20.3 Å². The van der Waals surface area contributed by atoms with Gasteiger partial charge < -0.3 is 11.1 Å². The lowest BCUT2D eigenvalue weighted by atomic mass is 10.1. The van der Waals surface area contributed by atoms with Crippen molar-refractivity contribution in [3.05, 3.63) is 66.7 Å². The molecule has 0 fully saturated rings. The number of nitrogens with one attached hydrogen (secondary N) is 1. The van der Waals surface area contributed by atoms with Gasteiger partial charge >= 0.3 is 0 Å². The molecule has 0 saturated carbocycles. The van der Waals surface area contributed by atoms with Crippen molar-refractivity contribution in [2.24, 2.45) is 5.73 Å². The van der Waals surface area contributed by atoms with Crippen LogP contribution >= 0.6 is 0 Å². The zero-order valence-corrected chi connectivity index (χ0v) is 11.6. The Balaban J connectivity index is 1.79. The number of rotatable bonds is 4. The van der Waals surface area contributed by atoms with Crippen LogP contribution in [0.3, 0.4) is 0 Å². The van der Waals surface area contributed by atoms with Crippen molar-refractivity contribution in [1.82, 2.24) is 15.0 Å². The standard InChI is InChI=1S/C16H13N5O/c17-15(22)12-6-14(10-18-7-12)21-16-19-8-13(9-20-16)11-4-2-1-3-5-11/h1-10H,(H2,17,22)(H,19,20,21). The minimum absolute atomic E-state index is 0.325. The molecule has 6 heteroatoms. The molecule has 0 saturated heterocycles. The smallest absolute Gasteiger partial charge is 0.250 e. The number of nitrogens with two attached hydrogens (primary N) is 1. The Bertz CT molecular complexity index is 787. The van der Waals surface area contributed by atoms with Gasteiger partial charge in [0.05, 0.1) is 17.4 Å². The normalized spacial score (nSPS) is 10.2. The van der Waals surface area contributed by atoms with Crippen molar-refractivity contribution in [2.75, 3.05) is 5.32 Å². The molecule has 1 amide bonds. The first-order valence-corrected chi connectivity index (χ1v) is 6.62. The summed E-state index contributed by atoms with van der Waals surface area (Å²) in [6, 6.07) is 11.5. The fourth-order valence-corrected chi connectivity index (χ4v) is 1.94. The van der Waals surface area contributed by atoms with Crippen LogP contribution in [0.2, 0.25) is 0 Å². The highest BCUT2D eigenvalue weighted by atomic mass is 16.1. The van der Waals surface area contributed by atoms with Crippen molar-refractivity contribution in [3.8, 4) is 11.1 Å². The topological polar surface area (TPSA) is 93.8 Å². The molecule has 6 nitrogen and oxygen atoms in total. The van der Waals surface area contributed by atoms with E-state index >= 15 is 0 Å². The largest absolute Gasteiger partial charge is 0.366 e. The molecule has 3 N–H and O–H groups in total. The van der Waals surface area contributed by atoms with Gasteiger partial charge in [-0.15, -0.1) is 0 Å². The number of hydrogen-bond donors (Lipinski definition) is 2. The average molecular weight is 291 g/mol. The third kappa shape index (κ3) is 3.06. The molecule has 22 heavy (non-hydrogen) atoms. The summed E-state index contributed by atoms with van der Waals surface area (Å²) in [5.74, 6) is -0.111. The molecule has 0 spiro atoms. The Morgan fingerprint density at radius 3 is 2.36 bits per heavy atom. The van der Waals surface area contributed by atoms with Crippen LogP contribution in [0.1, 0.15) is 10.4 Å². The molecule has 2 aromatic heterocycles. The van der Waals surface area contributed by atoms with E-state index in [0.29, 0.717) is 17.2 Å². The van der Waals surface area contributed by atoms with Crippen molar-refractivity contribution < 1.29 is 4.79 Å². The van der Waals surface area contributed by atoms with E-state index in [1.165, 1.54) is 6.20 Å². The van der Waals surface area contributed by atoms with Gasteiger partial charge in [0.1, 0.15) is 0 Å². The molecule has 0 radical (unpaired) electrons. The van der Waals surface area contributed by atoms with E-state index in [0.717, 1.165) is 11.1 Å². The quantitative estimate of drug-likeness (QED) is 0.769. The summed E-state index contributed by atoms with van der Waals surface area (Å²) < 4.78 is 0. The lowest BCUT2D eigenvalue weighted by molar-refractivity contribution is 0.1000. The first-order valence-electron chi connectivity index (χ1n) is 6.62. The fraction of sp³-hybridized carbons (Fsp3) is 0. The maximum Gasteiger partial charge on any atom is 0.250 e. The van der Waals surface area contributed by atoms with Crippen molar-refractivity contribution in [1.29, 1.82) is 0 Å². The molecule has 0 unspecified atom stereocenters. The van der Waals surface area contributed by atoms with E-state index in [-0.39, 0.29) is 0 Å². The van der Waals surface area contributed by atoms with Crippen LogP contribution in [-0.2, 0) is 0 Å². The summed E-state index contributed by atoms with van der Waals surface area (Å²) in [7, 11) is 0. The van der Waals surface area contributed by atoms with Gasteiger partial charge in [-0.2, -0.15) is 0 Å². The van der Waals surface area contributed by atoms with Crippen LogP contribution in [0.15, 0.2) is 61.2 Å². The number of primary amides is 1. The van der Waals surface area contributed by atoms with Gasteiger partial charge in [0.15, 0.2) is 0 Å². The van der Waals surface area contributed by atoms with E-state index in [4.69, 9.17) is 5.73 Å². The Hall–Kier alpha value is -3.28. The zero-order valence-electron chi connectivity index (χ0n) is 11.6. The Morgan fingerprint density at radius 2 is 1.68 bits per heavy atom. The molecular formula is C16H13N5O. The highest BCUT2D eigenvalue weighted by molar-refractivity contribution is 5.93. The SMILES string of the molecule is NC(=O)c1cncc(Nc2ncc(-c3ccccc3)cn2)c1. The number of nitrogens with zero attached hydrogens (tertiary/aromatic N) is 3. The first kappa shape index (κ1) is 13.7. The molecule has 3 aromatic rings. The second kappa shape index (κ2) is 6.01. The summed E-state index contributed by atoms with van der Waals surface area (Å²) in [6.07, 6.45) is 6.44. The maximum atomic E-state index is 11.1. The molecule has 1 aromatic carbocycles. The van der Waals surface area contributed by atoms with E-state index in [1.807, 2.05) is 30.3 Å². The van der Waals surface area contributed by atoms with Crippen LogP contribution in [0.4, 0.5) is 11.6 Å². The molecule has 0 aliphatic heterocycles. The number of carbonyl (C=O) groups is 1. The van der Waals surface area contributed by atoms with Crippen molar-refractivity contribution in [2.45, 2.75) is 0 Å². The van der Waals surface area contributed by atoms with Crippen LogP contribution in [0.25, 0.3) is 11.1 Å². The molecule has 2 heterocycles. The zero-order chi connectivity index (χ0) is 15.4. The minimum atomic E-state index is -0.531. The highest BCUT2D eigenvalue weighted by Crippen LogP contribution is 2.18. The van der Waals surface area contributed by atoms with Gasteiger partial charge in [-0.1, -0.05) is 30.3 Å². The summed E-state index contributed by atoms with van der Waals surface area (Å²) in [5, 5.41) is 2.99. The predicted molar refractivity (Wildman–Crippen MR) is 83.5 cm³/mol. The second-order valence-corrected chi connectivity index (χ2v) is 4.61. The fourth-order valence-electron chi connectivity index (χ4n) is 1.94. The van der Waals surface area contributed by atoms with Crippen LogP contribution in [0, 0.1) is 0 Å². The molecule has 3 rings (SSSR count). The molecule has 0 bridgehead atoms. The first-order chi connectivity index (χ1) is 10.7. The minimum Gasteiger partial charge on any atom is -0.366 e. The van der Waals surface area contributed by atoms with Gasteiger partial charge in [0.2, 0.25) is 11.9 Å². The number of aromatic nitrogens is 3. The third-order valence-electron chi connectivity index (χ3n) is 3.04. The molecular weight excluding hydrogens is 278 g/mol. The molecule has 108 valence electrons. The monoisotopic (exact) mass is 291 g/mol. The van der Waals surface area contributed by atoms with E-state index < -0.39 is 5.91 Å². The number of amides is 1. The number of pyridine rings is 1. The number of carbonyl (C=O) groups excluding carboxylic acids is 1. The van der Waals surface area contributed by atoms with Crippen LogP contribution in [0.5, 0.6) is 0 Å². The van der Waals surface area contributed by atoms with E-state index in [1.54, 1.807) is 24.7 Å². The van der Waals surface area contributed by atoms with Gasteiger partial charge in [-0.25, -0.2) is 9.97 Å². The van der Waals surface area contributed by atoms with Crippen molar-refractivity contribution >= 4 is 17.5 Å². The average Bonchev–Trinajstić information content (AvgIpc) is 2.56. The van der Waals surface area contributed by atoms with Gasteiger partial charge in [0.25, 0.3) is 0 Å². The summed E-state index contributed by atoms with van der Waals surface area (Å²) >= 11 is 0. The lowest BCUT2D eigenvalue weighted by Gasteiger charge is -2.06. The maximum absolute atomic E-state index is 11.1. The van der Waals surface area contributed by atoms with E-state index in [9.17, 15) is 4.79 Å². The Labute approximate surface area is 127 Å². The Kier molecular flexibility index (Phi) is 3.74. The summed E-state index contributed by atoms with van der Waals surface area (Å²) in [4.78, 5) is 23.6.